The zero-order valence-corrected chi connectivity index (χ0v) is 18.4. The second-order valence-corrected chi connectivity index (χ2v) is 9.21. The van der Waals surface area contributed by atoms with E-state index in [-0.39, 0.29) is 23.9 Å². The number of nitrogens with one attached hydrogen (secondary N) is 2. The van der Waals surface area contributed by atoms with E-state index >= 15 is 0 Å². The number of amides is 1. The molecule has 0 aliphatic carbocycles. The van der Waals surface area contributed by atoms with Gasteiger partial charge in [0.25, 0.3) is 5.91 Å². The molecule has 1 amide bonds. The summed E-state index contributed by atoms with van der Waals surface area (Å²) in [5, 5.41) is 2.85. The van der Waals surface area contributed by atoms with Crippen molar-refractivity contribution in [1.29, 1.82) is 0 Å². The van der Waals surface area contributed by atoms with Crippen LogP contribution >= 0.6 is 0 Å². The summed E-state index contributed by atoms with van der Waals surface area (Å²) in [6.45, 7) is 3.22. The van der Waals surface area contributed by atoms with Gasteiger partial charge in [-0.3, -0.25) is 4.79 Å². The summed E-state index contributed by atoms with van der Waals surface area (Å²) in [7, 11) is -3.77. The maximum Gasteiger partial charge on any atom is 0.251 e. The van der Waals surface area contributed by atoms with Gasteiger partial charge in [0, 0.05) is 18.7 Å². The first-order valence-electron chi connectivity index (χ1n) is 10.2. The van der Waals surface area contributed by atoms with E-state index in [9.17, 15) is 13.2 Å². The molecule has 7 nitrogen and oxygen atoms in total. The van der Waals surface area contributed by atoms with E-state index in [0.717, 1.165) is 11.1 Å². The average molecular weight is 453 g/mol. The lowest BCUT2D eigenvalue weighted by Crippen LogP contribution is -2.26. The Morgan fingerprint density at radius 2 is 1.62 bits per heavy atom. The van der Waals surface area contributed by atoms with Crippen molar-refractivity contribution in [3.05, 3.63) is 89.0 Å². The maximum atomic E-state index is 12.8. The van der Waals surface area contributed by atoms with Crippen LogP contribution in [-0.4, -0.2) is 27.5 Å². The predicted octanol–water partition coefficient (Wildman–Crippen LogP) is 3.17. The van der Waals surface area contributed by atoms with Crippen molar-refractivity contribution in [2.75, 3.05) is 13.2 Å². The molecule has 1 heterocycles. The topological polar surface area (TPSA) is 93.7 Å². The summed E-state index contributed by atoms with van der Waals surface area (Å²) < 4.78 is 39.1. The van der Waals surface area contributed by atoms with Crippen molar-refractivity contribution in [2.24, 2.45) is 0 Å². The first kappa shape index (κ1) is 21.9. The van der Waals surface area contributed by atoms with Gasteiger partial charge in [0.1, 0.15) is 13.2 Å². The van der Waals surface area contributed by atoms with Crippen LogP contribution in [0.2, 0.25) is 0 Å². The Balaban J connectivity index is 1.45. The number of carbonyl (C=O) groups excluding carboxylic acids is 1. The van der Waals surface area contributed by atoms with Crippen LogP contribution in [0, 0.1) is 6.92 Å². The zero-order valence-electron chi connectivity index (χ0n) is 17.6. The van der Waals surface area contributed by atoms with Crippen LogP contribution in [0.5, 0.6) is 11.5 Å². The molecule has 3 aromatic carbocycles. The van der Waals surface area contributed by atoms with E-state index in [2.05, 4.69) is 10.0 Å². The Bertz CT molecular complexity index is 1230. The summed E-state index contributed by atoms with van der Waals surface area (Å²) in [5.41, 5.74) is 2.70. The third-order valence-electron chi connectivity index (χ3n) is 5.13. The third kappa shape index (κ3) is 5.09. The fourth-order valence-corrected chi connectivity index (χ4v) is 4.39. The van der Waals surface area contributed by atoms with Gasteiger partial charge >= 0.3 is 0 Å². The van der Waals surface area contributed by atoms with Gasteiger partial charge in [-0.25, -0.2) is 13.1 Å². The van der Waals surface area contributed by atoms with Crippen LogP contribution in [0.4, 0.5) is 0 Å². The number of aryl methyl sites for hydroxylation is 1. The number of rotatable bonds is 7. The molecule has 0 unspecified atom stereocenters. The molecule has 1 aliphatic rings. The molecule has 3 aromatic rings. The minimum Gasteiger partial charge on any atom is -0.486 e. The van der Waals surface area contributed by atoms with Gasteiger partial charge in [-0.2, -0.15) is 0 Å². The Hall–Kier alpha value is -3.36. The zero-order chi connectivity index (χ0) is 22.6. The summed E-state index contributed by atoms with van der Waals surface area (Å²) in [4.78, 5) is 12.8. The molecule has 32 heavy (non-hydrogen) atoms. The molecule has 0 spiro atoms. The van der Waals surface area contributed by atoms with Crippen LogP contribution in [0.3, 0.4) is 0 Å². The van der Waals surface area contributed by atoms with Gasteiger partial charge in [-0.05, 0) is 47.9 Å². The SMILES string of the molecule is Cc1ccc(S(=O)(=O)NCc2ccccc2)cc1C(=O)NCc1ccc2c(c1)OCCO2. The Morgan fingerprint density at radius 1 is 0.875 bits per heavy atom. The van der Waals surface area contributed by atoms with E-state index < -0.39 is 10.0 Å². The summed E-state index contributed by atoms with van der Waals surface area (Å²) in [6, 6.07) is 19.3. The first-order valence-corrected chi connectivity index (χ1v) is 11.7. The van der Waals surface area contributed by atoms with Crippen molar-refractivity contribution >= 4 is 15.9 Å². The molecular weight excluding hydrogens is 428 g/mol. The second-order valence-electron chi connectivity index (χ2n) is 7.45. The normalized spacial score (nSPS) is 12.9. The summed E-state index contributed by atoms with van der Waals surface area (Å²) >= 11 is 0. The molecule has 0 fully saturated rings. The molecule has 0 saturated carbocycles. The molecule has 2 N–H and O–H groups in total. The van der Waals surface area contributed by atoms with Crippen molar-refractivity contribution < 1.29 is 22.7 Å². The van der Waals surface area contributed by atoms with Gasteiger partial charge in [0.2, 0.25) is 10.0 Å². The van der Waals surface area contributed by atoms with E-state index in [1.165, 1.54) is 12.1 Å². The molecule has 0 aromatic heterocycles. The molecule has 0 saturated heterocycles. The smallest absolute Gasteiger partial charge is 0.251 e. The Labute approximate surface area is 187 Å². The van der Waals surface area contributed by atoms with Gasteiger partial charge in [0.05, 0.1) is 4.90 Å². The molecule has 166 valence electrons. The molecule has 8 heteroatoms. The minimum atomic E-state index is -3.77. The van der Waals surface area contributed by atoms with Crippen LogP contribution in [0.25, 0.3) is 0 Å². The fourth-order valence-electron chi connectivity index (χ4n) is 3.35. The number of hydrogen-bond acceptors (Lipinski definition) is 5. The lowest BCUT2D eigenvalue weighted by atomic mass is 10.1. The summed E-state index contributed by atoms with van der Waals surface area (Å²) in [6.07, 6.45) is 0. The maximum absolute atomic E-state index is 12.8. The number of sulfonamides is 1. The minimum absolute atomic E-state index is 0.0449. The Morgan fingerprint density at radius 3 is 2.41 bits per heavy atom. The number of carbonyl (C=O) groups is 1. The summed E-state index contributed by atoms with van der Waals surface area (Å²) in [5.74, 6) is 0.984. The van der Waals surface area contributed by atoms with E-state index in [1.807, 2.05) is 48.5 Å². The highest BCUT2D eigenvalue weighted by Crippen LogP contribution is 2.30. The average Bonchev–Trinajstić information content (AvgIpc) is 2.82. The molecule has 0 radical (unpaired) electrons. The predicted molar refractivity (Wildman–Crippen MR) is 120 cm³/mol. The van der Waals surface area contributed by atoms with Gasteiger partial charge < -0.3 is 14.8 Å². The lowest BCUT2D eigenvalue weighted by molar-refractivity contribution is 0.0950. The monoisotopic (exact) mass is 452 g/mol. The quantitative estimate of drug-likeness (QED) is 0.574. The highest BCUT2D eigenvalue weighted by molar-refractivity contribution is 7.89. The number of hydrogen-bond donors (Lipinski definition) is 2. The van der Waals surface area contributed by atoms with E-state index in [0.29, 0.717) is 35.8 Å². The van der Waals surface area contributed by atoms with Crippen LogP contribution < -0.4 is 19.5 Å². The van der Waals surface area contributed by atoms with Gasteiger partial charge in [0.15, 0.2) is 11.5 Å². The molecule has 0 atom stereocenters. The van der Waals surface area contributed by atoms with Gasteiger partial charge in [-0.1, -0.05) is 42.5 Å². The van der Waals surface area contributed by atoms with Crippen molar-refractivity contribution in [2.45, 2.75) is 24.9 Å². The van der Waals surface area contributed by atoms with E-state index in [1.54, 1.807) is 13.0 Å². The van der Waals surface area contributed by atoms with Gasteiger partial charge in [-0.15, -0.1) is 0 Å². The number of fused-ring (bicyclic) bond motifs is 1. The molecule has 1 aliphatic heterocycles. The Kier molecular flexibility index (Phi) is 6.43. The fraction of sp³-hybridized carbons (Fsp3) is 0.208. The number of benzene rings is 3. The van der Waals surface area contributed by atoms with Crippen molar-refractivity contribution in [3.8, 4) is 11.5 Å². The number of ether oxygens (including phenoxy) is 2. The molecular formula is C24H24N2O5S. The largest absolute Gasteiger partial charge is 0.486 e. The highest BCUT2D eigenvalue weighted by Gasteiger charge is 2.18. The highest BCUT2D eigenvalue weighted by atomic mass is 32.2. The molecule has 0 bridgehead atoms. The van der Waals surface area contributed by atoms with Crippen LogP contribution in [-0.2, 0) is 23.1 Å². The van der Waals surface area contributed by atoms with Crippen molar-refractivity contribution in [3.63, 3.8) is 0 Å². The standard InChI is InChI=1S/C24H24N2O5S/c1-17-7-9-20(32(28,29)26-16-18-5-3-2-4-6-18)14-21(17)24(27)25-15-19-8-10-22-23(13-19)31-12-11-30-22/h2-10,13-14,26H,11-12,15-16H2,1H3,(H,25,27). The lowest BCUT2D eigenvalue weighted by Gasteiger charge is -2.19. The third-order valence-corrected chi connectivity index (χ3v) is 6.53. The van der Waals surface area contributed by atoms with Crippen LogP contribution in [0.1, 0.15) is 27.0 Å². The molecule has 4 rings (SSSR count). The van der Waals surface area contributed by atoms with Crippen LogP contribution in [0.15, 0.2) is 71.6 Å². The first-order chi connectivity index (χ1) is 15.4. The van der Waals surface area contributed by atoms with Crippen molar-refractivity contribution in [1.82, 2.24) is 10.0 Å². The van der Waals surface area contributed by atoms with E-state index in [4.69, 9.17) is 9.47 Å². The second kappa shape index (κ2) is 9.42.